The van der Waals surface area contributed by atoms with Crippen LogP contribution in [0.4, 0.5) is 0 Å². The lowest BCUT2D eigenvalue weighted by Gasteiger charge is -2.36. The molecular weight excluding hydrogens is 388 g/mol. The maximum Gasteiger partial charge on any atom is 0.251 e. The zero-order valence-corrected chi connectivity index (χ0v) is 17.2. The van der Waals surface area contributed by atoms with Crippen LogP contribution in [-0.2, 0) is 26.4 Å². The third-order valence-electron chi connectivity index (χ3n) is 5.44. The van der Waals surface area contributed by atoms with Crippen molar-refractivity contribution < 1.29 is 21.6 Å². The molecule has 1 aromatic carbocycles. The second kappa shape index (κ2) is 7.52. The molecule has 0 spiro atoms. The first kappa shape index (κ1) is 20.3. The molecule has 7 nitrogen and oxygen atoms in total. The van der Waals surface area contributed by atoms with Crippen LogP contribution in [0, 0.1) is 0 Å². The van der Waals surface area contributed by atoms with Crippen LogP contribution >= 0.6 is 0 Å². The molecule has 2 aliphatic heterocycles. The molecular formula is C18H26N2O5S2. The molecule has 2 fully saturated rings. The second-order valence-electron chi connectivity index (χ2n) is 7.60. The third-order valence-corrected chi connectivity index (χ3v) is 9.60. The largest absolute Gasteiger partial charge is 0.348 e. The zero-order valence-electron chi connectivity index (χ0n) is 15.6. The van der Waals surface area contributed by atoms with Gasteiger partial charge in [-0.15, -0.1) is 0 Å². The van der Waals surface area contributed by atoms with E-state index in [-0.39, 0.29) is 41.3 Å². The lowest BCUT2D eigenvalue weighted by Crippen LogP contribution is -2.47. The van der Waals surface area contributed by atoms with Crippen molar-refractivity contribution in [3.8, 4) is 0 Å². The van der Waals surface area contributed by atoms with Crippen LogP contribution < -0.4 is 5.32 Å². The Morgan fingerprint density at radius 1 is 1.07 bits per heavy atom. The highest BCUT2D eigenvalue weighted by atomic mass is 32.2. The molecule has 0 aliphatic carbocycles. The minimum atomic E-state index is -3.31. The van der Waals surface area contributed by atoms with Gasteiger partial charge in [-0.25, -0.2) is 16.8 Å². The Labute approximate surface area is 161 Å². The number of carbonyl (C=O) groups excluding carboxylic acids is 1. The van der Waals surface area contributed by atoms with Gasteiger partial charge in [0.1, 0.15) is 0 Å². The molecule has 3 rings (SSSR count). The van der Waals surface area contributed by atoms with Crippen LogP contribution in [0.15, 0.2) is 24.3 Å². The van der Waals surface area contributed by atoms with Crippen LogP contribution in [0.3, 0.4) is 0 Å². The van der Waals surface area contributed by atoms with Gasteiger partial charge in [-0.3, -0.25) is 4.79 Å². The van der Waals surface area contributed by atoms with E-state index in [1.165, 1.54) is 0 Å². The van der Waals surface area contributed by atoms with Crippen LogP contribution in [0.5, 0.6) is 0 Å². The van der Waals surface area contributed by atoms with E-state index >= 15 is 0 Å². The summed E-state index contributed by atoms with van der Waals surface area (Å²) in [6.07, 6.45) is 1.95. The van der Waals surface area contributed by atoms with E-state index in [1.54, 1.807) is 35.5 Å². The number of nitrogens with zero attached hydrogens (tertiary/aromatic N) is 1. The summed E-state index contributed by atoms with van der Waals surface area (Å²) in [5, 5.41) is 2.38. The fourth-order valence-corrected chi connectivity index (χ4v) is 7.12. The van der Waals surface area contributed by atoms with Gasteiger partial charge in [0.05, 0.1) is 16.8 Å². The molecule has 150 valence electrons. The highest BCUT2D eigenvalue weighted by molar-refractivity contribution is 7.91. The summed E-state index contributed by atoms with van der Waals surface area (Å²) in [6, 6.07) is 6.42. The molecule has 1 amide bonds. The predicted molar refractivity (Wildman–Crippen MR) is 104 cm³/mol. The first-order valence-corrected chi connectivity index (χ1v) is 12.5. The van der Waals surface area contributed by atoms with Gasteiger partial charge in [-0.05, 0) is 50.8 Å². The zero-order chi connectivity index (χ0) is 19.8. The number of sulfonamides is 1. The lowest BCUT2D eigenvalue weighted by atomic mass is 10.1. The first-order chi connectivity index (χ1) is 12.6. The molecule has 0 bridgehead atoms. The van der Waals surface area contributed by atoms with Crippen molar-refractivity contribution in [2.45, 2.75) is 57.0 Å². The molecule has 2 unspecified atom stereocenters. The van der Waals surface area contributed by atoms with Gasteiger partial charge in [0.2, 0.25) is 10.0 Å². The van der Waals surface area contributed by atoms with E-state index in [2.05, 4.69) is 5.32 Å². The Kier molecular flexibility index (Phi) is 5.65. The van der Waals surface area contributed by atoms with E-state index in [4.69, 9.17) is 0 Å². The Bertz CT molecular complexity index is 910. The molecule has 1 N–H and O–H groups in total. The minimum Gasteiger partial charge on any atom is -0.348 e. The average molecular weight is 415 g/mol. The van der Waals surface area contributed by atoms with E-state index in [0.717, 1.165) is 12.0 Å². The lowest BCUT2D eigenvalue weighted by molar-refractivity contribution is 0.0941. The Morgan fingerprint density at radius 2 is 1.74 bits per heavy atom. The summed E-state index contributed by atoms with van der Waals surface area (Å²) in [5.74, 6) is -0.214. The number of nitrogens with one attached hydrogen (secondary N) is 1. The molecule has 3 atom stereocenters. The Balaban J connectivity index is 1.66. The number of hydrogen-bond acceptors (Lipinski definition) is 5. The fraction of sp³-hybridized carbons (Fsp3) is 0.611. The van der Waals surface area contributed by atoms with Gasteiger partial charge in [-0.2, -0.15) is 4.31 Å². The maximum absolute atomic E-state index is 12.6. The van der Waals surface area contributed by atoms with Gasteiger partial charge >= 0.3 is 0 Å². The van der Waals surface area contributed by atoms with E-state index in [0.29, 0.717) is 18.4 Å². The number of amides is 1. The summed E-state index contributed by atoms with van der Waals surface area (Å²) in [5.41, 5.74) is 1.26. The Morgan fingerprint density at radius 3 is 2.33 bits per heavy atom. The molecule has 0 aromatic heterocycles. The molecule has 2 heterocycles. The number of sulfone groups is 1. The van der Waals surface area contributed by atoms with Gasteiger partial charge < -0.3 is 5.32 Å². The quantitative estimate of drug-likeness (QED) is 0.800. The summed E-state index contributed by atoms with van der Waals surface area (Å²) < 4.78 is 49.6. The normalized spacial score (nSPS) is 30.1. The summed E-state index contributed by atoms with van der Waals surface area (Å²) in [6.45, 7) is 3.95. The minimum absolute atomic E-state index is 0.0142. The standard InChI is InChI=1S/C18H26N2O5S2/c1-13-3-4-14(2)27(24,25)20(13)11-15-5-7-16(8-6-15)18(21)19-17-9-10-26(22,23)12-17/h5-8,13-14,17H,3-4,9-12H2,1-2H3,(H,19,21)/t13-,14?,17?/m0/s1. The van der Waals surface area contributed by atoms with Crippen LogP contribution in [0.25, 0.3) is 0 Å². The van der Waals surface area contributed by atoms with Crippen molar-refractivity contribution in [2.75, 3.05) is 11.5 Å². The topological polar surface area (TPSA) is 101 Å². The van der Waals surface area contributed by atoms with Crippen molar-refractivity contribution in [1.82, 2.24) is 9.62 Å². The smallest absolute Gasteiger partial charge is 0.251 e. The monoisotopic (exact) mass is 414 g/mol. The van der Waals surface area contributed by atoms with Crippen molar-refractivity contribution in [3.05, 3.63) is 35.4 Å². The SMILES string of the molecule is CC1CC[C@H](C)N(Cc2ccc(C(=O)NC3CCS(=O)(=O)C3)cc2)S1(=O)=O. The Hall–Kier alpha value is -1.45. The van der Waals surface area contributed by atoms with E-state index in [1.807, 2.05) is 6.92 Å². The predicted octanol–water partition coefficient (Wildman–Crippen LogP) is 1.31. The second-order valence-corrected chi connectivity index (χ2v) is 12.1. The number of hydrogen-bond donors (Lipinski definition) is 1. The number of rotatable bonds is 4. The van der Waals surface area contributed by atoms with Gasteiger partial charge in [0.25, 0.3) is 5.91 Å². The average Bonchev–Trinajstić information content (AvgIpc) is 2.94. The molecule has 0 radical (unpaired) electrons. The summed E-state index contributed by atoms with van der Waals surface area (Å²) >= 11 is 0. The third kappa shape index (κ3) is 4.52. The number of benzene rings is 1. The van der Waals surface area contributed by atoms with Crippen LogP contribution in [-0.4, -0.2) is 55.9 Å². The maximum atomic E-state index is 12.6. The van der Waals surface area contributed by atoms with Crippen LogP contribution in [0.1, 0.15) is 49.0 Å². The van der Waals surface area contributed by atoms with Gasteiger partial charge in [0.15, 0.2) is 9.84 Å². The number of carbonyl (C=O) groups is 1. The van der Waals surface area contributed by atoms with Crippen molar-refractivity contribution in [1.29, 1.82) is 0 Å². The summed E-state index contributed by atoms with van der Waals surface area (Å²) in [4.78, 5) is 12.3. The van der Waals surface area contributed by atoms with E-state index in [9.17, 15) is 21.6 Å². The van der Waals surface area contributed by atoms with Crippen molar-refractivity contribution >= 4 is 25.8 Å². The van der Waals surface area contributed by atoms with Crippen molar-refractivity contribution in [3.63, 3.8) is 0 Å². The van der Waals surface area contributed by atoms with Gasteiger partial charge in [0, 0.05) is 24.2 Å². The van der Waals surface area contributed by atoms with Gasteiger partial charge in [-0.1, -0.05) is 12.1 Å². The molecule has 27 heavy (non-hydrogen) atoms. The highest BCUT2D eigenvalue weighted by Gasteiger charge is 2.37. The molecule has 9 heteroatoms. The molecule has 2 aliphatic rings. The van der Waals surface area contributed by atoms with E-state index < -0.39 is 19.9 Å². The fourth-order valence-electron chi connectivity index (χ4n) is 3.62. The molecule has 2 saturated heterocycles. The summed E-state index contributed by atoms with van der Waals surface area (Å²) in [7, 11) is -6.35. The van der Waals surface area contributed by atoms with Crippen molar-refractivity contribution in [2.24, 2.45) is 0 Å². The first-order valence-electron chi connectivity index (χ1n) is 9.19. The van der Waals surface area contributed by atoms with Crippen LogP contribution in [0.2, 0.25) is 0 Å². The molecule has 1 aromatic rings. The highest BCUT2D eigenvalue weighted by Crippen LogP contribution is 2.27. The molecule has 0 saturated carbocycles.